The Balaban J connectivity index is 2.11. The molecular formula is C15H20N2O2. The lowest BCUT2D eigenvalue weighted by atomic mass is 10.0. The number of nitrogens with zero attached hydrogens (tertiary/aromatic N) is 1. The number of carbonyl (C=O) groups is 2. The molecule has 4 heteroatoms. The van der Waals surface area contributed by atoms with Crippen LogP contribution in [0.2, 0.25) is 0 Å². The van der Waals surface area contributed by atoms with Crippen molar-refractivity contribution in [1.29, 1.82) is 0 Å². The summed E-state index contributed by atoms with van der Waals surface area (Å²) in [7, 11) is 0. The third kappa shape index (κ3) is 2.95. The van der Waals surface area contributed by atoms with Crippen molar-refractivity contribution in [2.75, 3.05) is 0 Å². The largest absolute Gasteiger partial charge is 0.326 e. The summed E-state index contributed by atoms with van der Waals surface area (Å²) in [5.41, 5.74) is 2.10. The van der Waals surface area contributed by atoms with Crippen molar-refractivity contribution in [2.45, 2.75) is 39.8 Å². The fourth-order valence-electron chi connectivity index (χ4n) is 2.32. The van der Waals surface area contributed by atoms with Gasteiger partial charge in [-0.05, 0) is 30.4 Å². The lowest BCUT2D eigenvalue weighted by Gasteiger charge is -2.15. The van der Waals surface area contributed by atoms with Gasteiger partial charge in [-0.3, -0.25) is 9.69 Å². The summed E-state index contributed by atoms with van der Waals surface area (Å²) < 4.78 is 0. The Morgan fingerprint density at radius 2 is 1.95 bits per heavy atom. The highest BCUT2D eigenvalue weighted by atomic mass is 16.2. The number of hydrogen-bond donors (Lipinski definition) is 1. The highest BCUT2D eigenvalue weighted by Gasteiger charge is 2.37. The molecule has 1 aliphatic heterocycles. The molecule has 0 aromatic heterocycles. The van der Waals surface area contributed by atoms with Gasteiger partial charge >= 0.3 is 6.03 Å². The molecule has 102 valence electrons. The second kappa shape index (κ2) is 5.43. The fraction of sp³-hybridized carbons (Fsp3) is 0.467. The first-order valence-electron chi connectivity index (χ1n) is 6.65. The van der Waals surface area contributed by atoms with Gasteiger partial charge in [0.05, 0.1) is 6.54 Å². The summed E-state index contributed by atoms with van der Waals surface area (Å²) in [5.74, 6) is 0.273. The Labute approximate surface area is 113 Å². The van der Waals surface area contributed by atoms with Crippen molar-refractivity contribution in [3.8, 4) is 0 Å². The maximum absolute atomic E-state index is 12.2. The smallest absolute Gasteiger partial charge is 0.325 e. The Bertz CT molecular complexity index is 497. The molecule has 0 saturated carbocycles. The van der Waals surface area contributed by atoms with E-state index in [2.05, 4.69) is 5.32 Å². The van der Waals surface area contributed by atoms with Crippen molar-refractivity contribution in [3.63, 3.8) is 0 Å². The van der Waals surface area contributed by atoms with Gasteiger partial charge in [-0.2, -0.15) is 0 Å². The molecule has 1 aromatic carbocycles. The Morgan fingerprint density at radius 3 is 2.58 bits per heavy atom. The lowest BCUT2D eigenvalue weighted by molar-refractivity contribution is -0.128. The van der Waals surface area contributed by atoms with Crippen LogP contribution < -0.4 is 5.32 Å². The van der Waals surface area contributed by atoms with Gasteiger partial charge in [0.1, 0.15) is 6.04 Å². The lowest BCUT2D eigenvalue weighted by Crippen LogP contribution is -2.31. The first-order valence-corrected chi connectivity index (χ1v) is 6.65. The molecule has 0 bridgehead atoms. The Hall–Kier alpha value is -1.84. The van der Waals surface area contributed by atoms with E-state index in [9.17, 15) is 9.59 Å². The molecule has 0 radical (unpaired) electrons. The van der Waals surface area contributed by atoms with Crippen LogP contribution >= 0.6 is 0 Å². The number of nitrogens with one attached hydrogen (secondary N) is 1. The fourth-order valence-corrected chi connectivity index (χ4v) is 2.32. The van der Waals surface area contributed by atoms with Gasteiger partial charge < -0.3 is 5.32 Å². The van der Waals surface area contributed by atoms with E-state index in [0.717, 1.165) is 11.1 Å². The van der Waals surface area contributed by atoms with Crippen molar-refractivity contribution in [2.24, 2.45) is 5.92 Å². The first-order chi connectivity index (χ1) is 8.99. The van der Waals surface area contributed by atoms with E-state index in [4.69, 9.17) is 0 Å². The number of rotatable bonds is 4. The van der Waals surface area contributed by atoms with Gasteiger partial charge in [0.25, 0.3) is 5.91 Å². The SMILES string of the molecule is Cc1ccccc1CN1C(=O)NC(CC(C)C)C1=O. The standard InChI is InChI=1S/C15H20N2O2/c1-10(2)8-13-14(18)17(15(19)16-13)9-12-7-5-4-6-11(12)3/h4-7,10,13H,8-9H2,1-3H3,(H,16,19). The monoisotopic (exact) mass is 260 g/mol. The minimum Gasteiger partial charge on any atom is -0.326 e. The number of aryl methyl sites for hydroxylation is 1. The number of urea groups is 1. The van der Waals surface area contributed by atoms with E-state index in [1.54, 1.807) is 0 Å². The summed E-state index contributed by atoms with van der Waals surface area (Å²) in [4.78, 5) is 25.4. The maximum atomic E-state index is 12.2. The zero-order valence-corrected chi connectivity index (χ0v) is 11.6. The van der Waals surface area contributed by atoms with E-state index < -0.39 is 0 Å². The third-order valence-electron chi connectivity index (χ3n) is 3.40. The van der Waals surface area contributed by atoms with Crippen molar-refractivity contribution in [1.82, 2.24) is 10.2 Å². The summed E-state index contributed by atoms with van der Waals surface area (Å²) in [5, 5.41) is 2.76. The molecule has 19 heavy (non-hydrogen) atoms. The summed E-state index contributed by atoms with van der Waals surface area (Å²) in [6, 6.07) is 7.17. The molecule has 1 saturated heterocycles. The Morgan fingerprint density at radius 1 is 1.26 bits per heavy atom. The number of carbonyl (C=O) groups excluding carboxylic acids is 2. The van der Waals surface area contributed by atoms with Crippen LogP contribution in [-0.4, -0.2) is 22.9 Å². The van der Waals surface area contributed by atoms with Crippen LogP contribution in [0.4, 0.5) is 4.79 Å². The molecule has 4 nitrogen and oxygen atoms in total. The predicted molar refractivity (Wildman–Crippen MR) is 73.5 cm³/mol. The van der Waals surface area contributed by atoms with Gasteiger partial charge in [0.2, 0.25) is 0 Å². The molecule has 1 heterocycles. The average Bonchev–Trinajstić information content (AvgIpc) is 2.59. The molecule has 1 N–H and O–H groups in total. The second-order valence-corrected chi connectivity index (χ2v) is 5.48. The van der Waals surface area contributed by atoms with Crippen molar-refractivity contribution < 1.29 is 9.59 Å². The molecule has 0 aliphatic carbocycles. The van der Waals surface area contributed by atoms with Crippen LogP contribution in [-0.2, 0) is 11.3 Å². The normalized spacial score (nSPS) is 19.2. The van der Waals surface area contributed by atoms with Crippen LogP contribution in [0.5, 0.6) is 0 Å². The molecule has 2 rings (SSSR count). The molecule has 0 spiro atoms. The summed E-state index contributed by atoms with van der Waals surface area (Å²) >= 11 is 0. The van der Waals surface area contributed by atoms with Gasteiger partial charge in [0.15, 0.2) is 0 Å². The predicted octanol–water partition coefficient (Wildman–Crippen LogP) is 2.46. The van der Waals surface area contributed by atoms with Gasteiger partial charge in [-0.25, -0.2) is 4.79 Å². The maximum Gasteiger partial charge on any atom is 0.325 e. The zero-order chi connectivity index (χ0) is 14.0. The number of amides is 3. The Kier molecular flexibility index (Phi) is 3.88. The van der Waals surface area contributed by atoms with Crippen LogP contribution in [0, 0.1) is 12.8 Å². The summed E-state index contributed by atoms with van der Waals surface area (Å²) in [6.07, 6.45) is 0.689. The number of benzene rings is 1. The highest BCUT2D eigenvalue weighted by molar-refractivity contribution is 6.04. The van der Waals surface area contributed by atoms with E-state index in [1.165, 1.54) is 4.90 Å². The number of hydrogen-bond acceptors (Lipinski definition) is 2. The molecule has 1 unspecified atom stereocenters. The first kappa shape index (κ1) is 13.6. The second-order valence-electron chi connectivity index (χ2n) is 5.48. The number of imide groups is 1. The highest BCUT2D eigenvalue weighted by Crippen LogP contribution is 2.18. The molecule has 1 aliphatic rings. The van der Waals surface area contributed by atoms with Gasteiger partial charge in [0, 0.05) is 0 Å². The van der Waals surface area contributed by atoms with Crippen LogP contribution in [0.25, 0.3) is 0 Å². The average molecular weight is 260 g/mol. The van der Waals surface area contributed by atoms with E-state index in [0.29, 0.717) is 18.9 Å². The van der Waals surface area contributed by atoms with E-state index in [1.807, 2.05) is 45.0 Å². The van der Waals surface area contributed by atoms with Gasteiger partial charge in [-0.1, -0.05) is 38.1 Å². The molecular weight excluding hydrogens is 240 g/mol. The molecule has 1 fully saturated rings. The quantitative estimate of drug-likeness (QED) is 0.845. The van der Waals surface area contributed by atoms with Crippen LogP contribution in [0.1, 0.15) is 31.4 Å². The zero-order valence-electron chi connectivity index (χ0n) is 11.6. The van der Waals surface area contributed by atoms with E-state index in [-0.39, 0.29) is 18.0 Å². The summed E-state index contributed by atoms with van der Waals surface area (Å²) in [6.45, 7) is 6.43. The van der Waals surface area contributed by atoms with Crippen LogP contribution in [0.15, 0.2) is 24.3 Å². The minimum atomic E-state index is -0.364. The molecule has 1 atom stereocenters. The minimum absolute atomic E-state index is 0.109. The van der Waals surface area contributed by atoms with E-state index >= 15 is 0 Å². The van der Waals surface area contributed by atoms with Crippen molar-refractivity contribution >= 4 is 11.9 Å². The molecule has 3 amide bonds. The molecule has 1 aromatic rings. The topological polar surface area (TPSA) is 49.4 Å². The third-order valence-corrected chi connectivity index (χ3v) is 3.40. The van der Waals surface area contributed by atoms with Crippen molar-refractivity contribution in [3.05, 3.63) is 35.4 Å². The van der Waals surface area contributed by atoms with Crippen LogP contribution in [0.3, 0.4) is 0 Å². The van der Waals surface area contributed by atoms with Gasteiger partial charge in [-0.15, -0.1) is 0 Å².